The number of terminal acetylenes is 2. The number of rotatable bonds is 31. The third-order valence-electron chi connectivity index (χ3n) is 9.11. The van der Waals surface area contributed by atoms with Crippen molar-refractivity contribution in [3.05, 3.63) is 0 Å². The fourth-order valence-corrected chi connectivity index (χ4v) is 5.78. The first-order valence-corrected chi connectivity index (χ1v) is 19.0. The Morgan fingerprint density at radius 3 is 1.55 bits per heavy atom. The highest BCUT2D eigenvalue weighted by Crippen LogP contribution is 2.18. The van der Waals surface area contributed by atoms with Crippen LogP contribution in [0.1, 0.15) is 111 Å². The normalized spacial score (nSPS) is 14.6. The molecule has 4 amide bonds. The lowest BCUT2D eigenvalue weighted by molar-refractivity contribution is -0.142. The van der Waals surface area contributed by atoms with Crippen LogP contribution in [0.15, 0.2) is 0 Å². The van der Waals surface area contributed by atoms with Crippen LogP contribution in [0.3, 0.4) is 0 Å². The van der Waals surface area contributed by atoms with Crippen LogP contribution in [-0.4, -0.2) is 95.9 Å². The van der Waals surface area contributed by atoms with Gasteiger partial charge in [-0.3, -0.25) is 33.6 Å². The Morgan fingerprint density at radius 2 is 1.04 bits per heavy atom. The second-order valence-electron chi connectivity index (χ2n) is 13.9. The molecule has 11 N–H and O–H groups in total. The molecule has 0 aliphatic rings. The average molecular weight is 774 g/mol. The summed E-state index contributed by atoms with van der Waals surface area (Å²) in [5.74, 6) is -3.06. The van der Waals surface area contributed by atoms with Crippen molar-refractivity contribution >= 4 is 46.9 Å². The van der Waals surface area contributed by atoms with Gasteiger partial charge in [0.25, 0.3) is 0 Å². The van der Waals surface area contributed by atoms with Crippen LogP contribution in [0.2, 0.25) is 0 Å². The van der Waals surface area contributed by atoms with E-state index in [1.54, 1.807) is 0 Å². The molecule has 0 fully saturated rings. The molecular weight excluding hydrogens is 710 g/mol. The molecule has 0 rings (SSSR count). The van der Waals surface area contributed by atoms with Gasteiger partial charge in [-0.05, 0) is 77.9 Å². The van der Waals surface area contributed by atoms with Gasteiger partial charge in [-0.2, -0.15) is 0 Å². The summed E-state index contributed by atoms with van der Waals surface area (Å²) in [6, 6.07) is -4.23. The highest BCUT2D eigenvalue weighted by Gasteiger charge is 2.32. The topological polar surface area (TPSA) is 283 Å². The summed E-state index contributed by atoms with van der Waals surface area (Å²) in [7, 11) is 0. The van der Waals surface area contributed by atoms with E-state index in [2.05, 4.69) is 33.1 Å². The second kappa shape index (κ2) is 28.8. The first-order valence-electron chi connectivity index (χ1n) is 19.0. The Morgan fingerprint density at radius 1 is 0.564 bits per heavy atom. The summed E-state index contributed by atoms with van der Waals surface area (Å²) in [6.07, 6.45) is 13.9. The van der Waals surface area contributed by atoms with E-state index >= 15 is 0 Å². The van der Waals surface area contributed by atoms with E-state index in [4.69, 9.17) is 30.0 Å². The minimum absolute atomic E-state index is 0.0992. The van der Waals surface area contributed by atoms with Gasteiger partial charge in [0.1, 0.15) is 6.04 Å². The van der Waals surface area contributed by atoms with Gasteiger partial charge in [0.2, 0.25) is 23.6 Å². The monoisotopic (exact) mass is 773 g/mol. The number of carbonyl (C=O) groups excluding carboxylic acids is 7. The molecule has 0 unspecified atom stereocenters. The fraction of sp³-hybridized carbons (Fsp3) is 0.692. The average Bonchev–Trinajstić information content (AvgIpc) is 3.12. The molecule has 16 nitrogen and oxygen atoms in total. The van der Waals surface area contributed by atoms with E-state index in [9.17, 15) is 43.5 Å². The number of unbranched alkanes of at least 4 members (excludes halogenated alkanes) is 3. The Hall–Kier alpha value is -4.64. The summed E-state index contributed by atoms with van der Waals surface area (Å²) < 4.78 is 0. The number of nitrogens with two attached hydrogens (primary N) is 3. The van der Waals surface area contributed by atoms with E-state index in [1.165, 1.54) is 20.8 Å². The molecule has 55 heavy (non-hydrogen) atoms. The van der Waals surface area contributed by atoms with Gasteiger partial charge in [0, 0.05) is 50.9 Å². The predicted octanol–water partition coefficient (Wildman–Crippen LogP) is 0.230. The molecule has 0 spiro atoms. The van der Waals surface area contributed by atoms with Crippen molar-refractivity contribution in [1.29, 1.82) is 0 Å². The molecule has 0 heterocycles. The summed E-state index contributed by atoms with van der Waals surface area (Å²) in [4.78, 5) is 103. The number of carbonyl (C=O) groups is 8. The van der Waals surface area contributed by atoms with Crippen molar-refractivity contribution in [3.63, 3.8) is 0 Å². The molecule has 0 aromatic carbocycles. The number of hydrogen-bond donors (Lipinski definition) is 8. The van der Waals surface area contributed by atoms with Crippen LogP contribution in [0.4, 0.5) is 0 Å². The first kappa shape index (κ1) is 50.4. The van der Waals surface area contributed by atoms with Crippen LogP contribution in [0.25, 0.3) is 0 Å². The molecule has 0 saturated carbocycles. The van der Waals surface area contributed by atoms with E-state index in [0.717, 1.165) is 0 Å². The number of amides is 4. The van der Waals surface area contributed by atoms with E-state index in [0.29, 0.717) is 64.6 Å². The van der Waals surface area contributed by atoms with Crippen molar-refractivity contribution in [2.24, 2.45) is 35.0 Å². The van der Waals surface area contributed by atoms with Crippen LogP contribution in [0, 0.1) is 42.4 Å². The van der Waals surface area contributed by atoms with Crippen LogP contribution >= 0.6 is 0 Å². The molecule has 0 aliphatic heterocycles. The highest BCUT2D eigenvalue weighted by molar-refractivity contribution is 5.97. The second-order valence-corrected chi connectivity index (χ2v) is 13.9. The maximum atomic E-state index is 13.6. The molecule has 0 radical (unpaired) electrons. The maximum Gasteiger partial charge on any atom is 0.326 e. The molecule has 0 bridgehead atoms. The largest absolute Gasteiger partial charge is 0.480 e. The minimum Gasteiger partial charge on any atom is -0.480 e. The van der Waals surface area contributed by atoms with E-state index < -0.39 is 83.1 Å². The van der Waals surface area contributed by atoms with Crippen molar-refractivity contribution in [1.82, 2.24) is 21.3 Å². The zero-order valence-electron chi connectivity index (χ0n) is 32.7. The number of Topliss-reactive ketones (excluding diaryl/α,β-unsaturated/α-hetero) is 3. The SMILES string of the molecule is C#CC[C@H](CC(=O)[C@H](CCCCN)NC(C)=O)C(=O)N[C@@H](C)C(=O)C[C@@H](CCCCN)C(=O)N[C@@H](CC#C)C(=O)C[C@@H](C)C(=O)N[C@@H](CCCCN)C(=O)O. The highest BCUT2D eigenvalue weighted by atomic mass is 16.4. The van der Waals surface area contributed by atoms with Crippen LogP contribution in [0.5, 0.6) is 0 Å². The number of aliphatic carboxylic acids is 1. The maximum absolute atomic E-state index is 13.6. The summed E-state index contributed by atoms with van der Waals surface area (Å²) in [5, 5.41) is 19.8. The molecule has 0 aliphatic carbocycles. The molecule has 16 heteroatoms. The lowest BCUT2D eigenvalue weighted by atomic mass is 9.90. The van der Waals surface area contributed by atoms with Crippen molar-refractivity contribution in [3.8, 4) is 24.7 Å². The summed E-state index contributed by atoms with van der Waals surface area (Å²) in [6.45, 7) is 5.33. The zero-order chi connectivity index (χ0) is 41.9. The van der Waals surface area contributed by atoms with Gasteiger partial charge in [-0.1, -0.05) is 13.3 Å². The van der Waals surface area contributed by atoms with E-state index in [-0.39, 0.29) is 50.7 Å². The number of carboxylic acid groups (broad SMARTS) is 1. The van der Waals surface area contributed by atoms with Gasteiger partial charge in [-0.25, -0.2) is 4.79 Å². The lowest BCUT2D eigenvalue weighted by Gasteiger charge is -2.24. The van der Waals surface area contributed by atoms with Crippen LogP contribution < -0.4 is 38.5 Å². The predicted molar refractivity (Wildman–Crippen MR) is 207 cm³/mol. The Labute approximate surface area is 325 Å². The van der Waals surface area contributed by atoms with Gasteiger partial charge in [0.05, 0.1) is 24.0 Å². The van der Waals surface area contributed by atoms with Crippen molar-refractivity contribution in [2.75, 3.05) is 19.6 Å². The fourth-order valence-electron chi connectivity index (χ4n) is 5.78. The Bertz CT molecular complexity index is 1370. The van der Waals surface area contributed by atoms with Gasteiger partial charge in [-0.15, -0.1) is 24.7 Å². The first-order chi connectivity index (χ1) is 26.1. The molecule has 7 atom stereocenters. The van der Waals surface area contributed by atoms with Gasteiger partial charge < -0.3 is 43.6 Å². The smallest absolute Gasteiger partial charge is 0.326 e. The minimum atomic E-state index is -1.21. The quantitative estimate of drug-likeness (QED) is 0.0347. The lowest BCUT2D eigenvalue weighted by Crippen LogP contribution is -2.47. The third-order valence-corrected chi connectivity index (χ3v) is 9.11. The summed E-state index contributed by atoms with van der Waals surface area (Å²) in [5.41, 5.74) is 16.7. The van der Waals surface area contributed by atoms with Crippen molar-refractivity contribution in [2.45, 2.75) is 135 Å². The molecule has 0 saturated heterocycles. The number of carboxylic acids is 1. The number of hydrogen-bond acceptors (Lipinski definition) is 11. The van der Waals surface area contributed by atoms with Gasteiger partial charge in [0.15, 0.2) is 17.3 Å². The molecular formula is C39H63N7O9. The van der Waals surface area contributed by atoms with Crippen molar-refractivity contribution < 1.29 is 43.5 Å². The number of nitrogens with one attached hydrogen (secondary N) is 4. The molecule has 0 aromatic heterocycles. The Kier molecular flexibility index (Phi) is 26.3. The Balaban J connectivity index is 5.74. The number of ketones is 3. The van der Waals surface area contributed by atoms with E-state index in [1.807, 2.05) is 0 Å². The van der Waals surface area contributed by atoms with Gasteiger partial charge >= 0.3 is 5.97 Å². The van der Waals surface area contributed by atoms with Crippen LogP contribution in [-0.2, 0) is 38.4 Å². The standard InChI is InChI=1S/C39H63N7O9/c1-6-14-28(24-35(50)31(44-27(5)47)17-9-12-20-41)37(52)43-26(4)33(48)23-29(16-8-11-19-40)38(53)45-30(15-7-2)34(49)22-25(3)36(51)46-32(39(54)55)18-10-13-21-42/h1-2,25-26,28-32H,8-24,40-42H2,3-5H3,(H,43,52)(H,44,47)(H,45,53)(H,46,51)(H,54,55)/t25-,26+,28-,29-,30+,31+,32+/m1/s1. The molecule has 0 aromatic rings. The molecule has 308 valence electrons. The third kappa shape index (κ3) is 21.1. The summed E-state index contributed by atoms with van der Waals surface area (Å²) >= 11 is 0. The zero-order valence-corrected chi connectivity index (χ0v) is 32.7.